The van der Waals surface area contributed by atoms with E-state index in [9.17, 15) is 4.39 Å². The van der Waals surface area contributed by atoms with Gasteiger partial charge in [-0.1, -0.05) is 18.2 Å². The third-order valence-electron chi connectivity index (χ3n) is 2.40. The molecule has 1 aromatic heterocycles. The Labute approximate surface area is 93.7 Å². The minimum Gasteiger partial charge on any atom is -0.333 e. The highest BCUT2D eigenvalue weighted by Gasteiger charge is 2.02. The van der Waals surface area contributed by atoms with Crippen molar-refractivity contribution in [3.8, 4) is 0 Å². The summed E-state index contributed by atoms with van der Waals surface area (Å²) in [5.74, 6) is -0.184. The van der Waals surface area contributed by atoms with Crippen LogP contribution in [0.1, 0.15) is 11.3 Å². The number of nitrogens with zero attached hydrogens (tertiary/aromatic N) is 2. The predicted octanol–water partition coefficient (Wildman–Crippen LogP) is 1.57. The molecular weight excluding hydrogens is 205 g/mol. The Bertz CT molecular complexity index is 465. The van der Waals surface area contributed by atoms with Crippen LogP contribution in [0.2, 0.25) is 0 Å². The molecule has 0 bridgehead atoms. The van der Waals surface area contributed by atoms with Gasteiger partial charge in [0.2, 0.25) is 0 Å². The summed E-state index contributed by atoms with van der Waals surface area (Å²) in [5, 5.41) is 0. The molecule has 0 aliphatic carbocycles. The molecule has 0 aliphatic rings. The van der Waals surface area contributed by atoms with Gasteiger partial charge in [0.25, 0.3) is 0 Å². The first-order chi connectivity index (χ1) is 7.79. The summed E-state index contributed by atoms with van der Waals surface area (Å²) in [4.78, 5) is 4.19. The van der Waals surface area contributed by atoms with Gasteiger partial charge in [0.15, 0.2) is 0 Å². The lowest BCUT2D eigenvalue weighted by Gasteiger charge is -2.03. The van der Waals surface area contributed by atoms with Gasteiger partial charge >= 0.3 is 0 Å². The van der Waals surface area contributed by atoms with Gasteiger partial charge in [0, 0.05) is 18.2 Å². The second kappa shape index (κ2) is 4.90. The van der Waals surface area contributed by atoms with Gasteiger partial charge in [-0.25, -0.2) is 9.37 Å². The van der Waals surface area contributed by atoms with Crippen molar-refractivity contribution in [3.05, 3.63) is 53.9 Å². The van der Waals surface area contributed by atoms with Gasteiger partial charge < -0.3 is 10.3 Å². The van der Waals surface area contributed by atoms with E-state index in [0.717, 1.165) is 12.1 Å². The fraction of sp³-hybridized carbons (Fsp3) is 0.250. The second-order valence-electron chi connectivity index (χ2n) is 3.67. The van der Waals surface area contributed by atoms with Crippen LogP contribution in [0.25, 0.3) is 0 Å². The molecule has 2 N–H and O–H groups in total. The normalized spacial score (nSPS) is 10.6. The van der Waals surface area contributed by atoms with Gasteiger partial charge in [-0.05, 0) is 12.6 Å². The minimum atomic E-state index is -0.184. The van der Waals surface area contributed by atoms with Crippen molar-refractivity contribution < 1.29 is 4.39 Å². The van der Waals surface area contributed by atoms with E-state index in [-0.39, 0.29) is 5.82 Å². The van der Waals surface area contributed by atoms with Crippen LogP contribution in [-0.2, 0) is 13.0 Å². The minimum absolute atomic E-state index is 0.184. The summed E-state index contributed by atoms with van der Waals surface area (Å²) in [6, 6.07) is 6.76. The lowest BCUT2D eigenvalue weighted by atomic mass is 10.2. The molecule has 4 heteroatoms. The zero-order valence-electron chi connectivity index (χ0n) is 8.94. The Morgan fingerprint density at radius 3 is 2.88 bits per heavy atom. The first kappa shape index (κ1) is 10.8. The first-order valence-electron chi connectivity index (χ1n) is 5.23. The first-order valence-corrected chi connectivity index (χ1v) is 5.23. The smallest absolute Gasteiger partial charge is 0.128 e. The molecule has 0 atom stereocenters. The summed E-state index contributed by atoms with van der Waals surface area (Å²) in [5.41, 5.74) is 7.05. The highest BCUT2D eigenvalue weighted by Crippen LogP contribution is 2.09. The van der Waals surface area contributed by atoms with Crippen LogP contribution < -0.4 is 5.73 Å². The molecule has 0 aliphatic heterocycles. The van der Waals surface area contributed by atoms with E-state index in [2.05, 4.69) is 4.98 Å². The molecule has 2 aromatic rings. The summed E-state index contributed by atoms with van der Waals surface area (Å²) in [6.07, 6.45) is 4.36. The van der Waals surface area contributed by atoms with Crippen molar-refractivity contribution in [2.45, 2.75) is 13.0 Å². The van der Waals surface area contributed by atoms with Gasteiger partial charge in [-0.15, -0.1) is 0 Å². The third kappa shape index (κ3) is 2.46. The maximum atomic E-state index is 13.4. The maximum absolute atomic E-state index is 13.4. The molecule has 0 radical (unpaired) electrons. The molecule has 1 aromatic carbocycles. The molecule has 3 nitrogen and oxygen atoms in total. The highest BCUT2D eigenvalue weighted by atomic mass is 19.1. The SMILES string of the molecule is NCCc1cn(Cc2ccccc2F)cn1. The average Bonchev–Trinajstić information content (AvgIpc) is 2.70. The molecule has 0 unspecified atom stereocenters. The van der Waals surface area contributed by atoms with Crippen molar-refractivity contribution in [1.29, 1.82) is 0 Å². The standard InChI is InChI=1S/C12H14FN3/c13-12-4-2-1-3-10(12)7-16-8-11(5-6-14)15-9-16/h1-4,8-9H,5-7,14H2. The molecule has 1 heterocycles. The average molecular weight is 219 g/mol. The topological polar surface area (TPSA) is 43.8 Å². The number of benzene rings is 1. The highest BCUT2D eigenvalue weighted by molar-refractivity contribution is 5.18. The number of halogens is 1. The molecule has 0 saturated carbocycles. The van der Waals surface area contributed by atoms with Crippen molar-refractivity contribution in [1.82, 2.24) is 9.55 Å². The fourth-order valence-electron chi connectivity index (χ4n) is 1.59. The van der Waals surface area contributed by atoms with Crippen molar-refractivity contribution in [2.24, 2.45) is 5.73 Å². The zero-order chi connectivity index (χ0) is 11.4. The molecule has 2 rings (SSSR count). The summed E-state index contributed by atoms with van der Waals surface area (Å²) in [7, 11) is 0. The summed E-state index contributed by atoms with van der Waals surface area (Å²) in [6.45, 7) is 1.08. The van der Waals surface area contributed by atoms with E-state index >= 15 is 0 Å². The lowest BCUT2D eigenvalue weighted by Crippen LogP contribution is -2.03. The summed E-state index contributed by atoms with van der Waals surface area (Å²) >= 11 is 0. The van der Waals surface area contributed by atoms with Crippen molar-refractivity contribution >= 4 is 0 Å². The van der Waals surface area contributed by atoms with Crippen LogP contribution in [0, 0.1) is 5.82 Å². The van der Waals surface area contributed by atoms with Crippen LogP contribution in [0.4, 0.5) is 4.39 Å². The van der Waals surface area contributed by atoms with Crippen LogP contribution in [0.5, 0.6) is 0 Å². The van der Waals surface area contributed by atoms with Crippen LogP contribution in [0.15, 0.2) is 36.8 Å². The molecule has 0 fully saturated rings. The van der Waals surface area contributed by atoms with Gasteiger partial charge in [0.1, 0.15) is 5.82 Å². The van der Waals surface area contributed by atoms with Crippen LogP contribution in [0.3, 0.4) is 0 Å². The second-order valence-corrected chi connectivity index (χ2v) is 3.67. The van der Waals surface area contributed by atoms with Gasteiger partial charge in [-0.2, -0.15) is 0 Å². The molecular formula is C12H14FN3. The van der Waals surface area contributed by atoms with Crippen molar-refractivity contribution in [2.75, 3.05) is 6.54 Å². The maximum Gasteiger partial charge on any atom is 0.128 e. The van der Waals surface area contributed by atoms with Crippen molar-refractivity contribution in [3.63, 3.8) is 0 Å². The Morgan fingerprint density at radius 1 is 1.31 bits per heavy atom. The van der Waals surface area contributed by atoms with E-state index in [4.69, 9.17) is 5.73 Å². The van der Waals surface area contributed by atoms with E-state index < -0.39 is 0 Å². The molecule has 84 valence electrons. The lowest BCUT2D eigenvalue weighted by molar-refractivity contribution is 0.599. The van der Waals surface area contributed by atoms with Crippen LogP contribution in [-0.4, -0.2) is 16.1 Å². The zero-order valence-corrected chi connectivity index (χ0v) is 8.94. The van der Waals surface area contributed by atoms with Gasteiger partial charge in [-0.3, -0.25) is 0 Å². The number of hydrogen-bond acceptors (Lipinski definition) is 2. The predicted molar refractivity (Wildman–Crippen MR) is 60.5 cm³/mol. The largest absolute Gasteiger partial charge is 0.333 e. The Kier molecular flexibility index (Phi) is 3.31. The Morgan fingerprint density at radius 2 is 2.12 bits per heavy atom. The quantitative estimate of drug-likeness (QED) is 0.848. The monoisotopic (exact) mass is 219 g/mol. The van der Waals surface area contributed by atoms with E-state index in [1.165, 1.54) is 6.07 Å². The number of hydrogen-bond donors (Lipinski definition) is 1. The Hall–Kier alpha value is -1.68. The fourth-order valence-corrected chi connectivity index (χ4v) is 1.59. The van der Waals surface area contributed by atoms with E-state index in [1.54, 1.807) is 18.5 Å². The van der Waals surface area contributed by atoms with Crippen LogP contribution >= 0.6 is 0 Å². The molecule has 0 saturated heterocycles. The molecule has 0 spiro atoms. The third-order valence-corrected chi connectivity index (χ3v) is 2.40. The number of nitrogens with two attached hydrogens (primary N) is 1. The molecule has 16 heavy (non-hydrogen) atoms. The molecule has 0 amide bonds. The van der Waals surface area contributed by atoms with Gasteiger partial charge in [0.05, 0.1) is 18.6 Å². The number of rotatable bonds is 4. The summed E-state index contributed by atoms with van der Waals surface area (Å²) < 4.78 is 15.2. The Balaban J connectivity index is 2.11. The number of aromatic nitrogens is 2. The van der Waals surface area contributed by atoms with E-state index in [0.29, 0.717) is 18.7 Å². The number of imidazole rings is 1. The van der Waals surface area contributed by atoms with E-state index in [1.807, 2.05) is 16.8 Å².